The van der Waals surface area contributed by atoms with Gasteiger partial charge in [0, 0.05) is 24.5 Å². The molecule has 0 spiro atoms. The number of ether oxygens (including phenoxy) is 1. The zero-order chi connectivity index (χ0) is 22.4. The zero-order valence-corrected chi connectivity index (χ0v) is 19.5. The van der Waals surface area contributed by atoms with Crippen molar-refractivity contribution < 1.29 is 9.13 Å². The lowest BCUT2D eigenvalue weighted by Gasteiger charge is -2.17. The highest BCUT2D eigenvalue weighted by atomic mass is 35.5. The number of halogens is 3. The minimum atomic E-state index is -0.616. The number of aromatic nitrogens is 2. The zero-order valence-electron chi connectivity index (χ0n) is 18.0. The van der Waals surface area contributed by atoms with E-state index in [-0.39, 0.29) is 15.7 Å². The van der Waals surface area contributed by atoms with E-state index in [2.05, 4.69) is 27.2 Å². The van der Waals surface area contributed by atoms with E-state index in [4.69, 9.17) is 27.9 Å². The predicted octanol–water partition coefficient (Wildman–Crippen LogP) is 6.09. The molecule has 2 aliphatic rings. The Morgan fingerprint density at radius 3 is 2.66 bits per heavy atom. The SMILES string of the molecule is Cc1cc2c(Nc3ccc(Cl)c(Cl)c3F)ncnc2cc1OCC1C[C@@H]2CN(C)C[C@@H]2C1. The summed E-state index contributed by atoms with van der Waals surface area (Å²) in [5.41, 5.74) is 1.92. The van der Waals surface area contributed by atoms with Crippen LogP contribution in [0.25, 0.3) is 10.9 Å². The van der Waals surface area contributed by atoms with Gasteiger partial charge in [0.1, 0.15) is 17.9 Å². The molecule has 2 heterocycles. The molecule has 5 rings (SSSR count). The van der Waals surface area contributed by atoms with Gasteiger partial charge in [0.2, 0.25) is 0 Å². The number of rotatable bonds is 5. The number of nitrogens with one attached hydrogen (secondary N) is 1. The highest BCUT2D eigenvalue weighted by Crippen LogP contribution is 2.41. The van der Waals surface area contributed by atoms with E-state index in [1.54, 1.807) is 6.07 Å². The third-order valence-corrected chi connectivity index (χ3v) is 7.51. The first-order valence-electron chi connectivity index (χ1n) is 10.9. The summed E-state index contributed by atoms with van der Waals surface area (Å²) in [5, 5.41) is 3.84. The second-order valence-corrected chi connectivity index (χ2v) is 9.88. The van der Waals surface area contributed by atoms with Crippen LogP contribution in [0.1, 0.15) is 18.4 Å². The van der Waals surface area contributed by atoms with Crippen LogP contribution in [0.3, 0.4) is 0 Å². The first kappa shape index (κ1) is 21.7. The van der Waals surface area contributed by atoms with Crippen molar-refractivity contribution in [2.75, 3.05) is 32.1 Å². The number of benzene rings is 2. The number of anilines is 2. The highest BCUT2D eigenvalue weighted by Gasteiger charge is 2.39. The van der Waals surface area contributed by atoms with E-state index < -0.39 is 5.82 Å². The third kappa shape index (κ3) is 4.12. The van der Waals surface area contributed by atoms with Gasteiger partial charge in [-0.3, -0.25) is 0 Å². The Morgan fingerprint density at radius 2 is 1.91 bits per heavy atom. The Kier molecular flexibility index (Phi) is 5.86. The lowest BCUT2D eigenvalue weighted by atomic mass is 10.0. The molecule has 8 heteroatoms. The second-order valence-electron chi connectivity index (χ2n) is 9.09. The van der Waals surface area contributed by atoms with Crippen LogP contribution in [0, 0.1) is 30.5 Å². The van der Waals surface area contributed by atoms with Crippen molar-refractivity contribution >= 4 is 45.6 Å². The van der Waals surface area contributed by atoms with Crippen LogP contribution in [0.5, 0.6) is 5.75 Å². The molecule has 2 aromatic carbocycles. The first-order valence-corrected chi connectivity index (χ1v) is 11.6. The lowest BCUT2D eigenvalue weighted by molar-refractivity contribution is 0.235. The molecular weight excluding hydrogens is 450 g/mol. The van der Waals surface area contributed by atoms with E-state index in [9.17, 15) is 4.39 Å². The largest absolute Gasteiger partial charge is 0.493 e. The van der Waals surface area contributed by atoms with Crippen molar-refractivity contribution in [1.29, 1.82) is 0 Å². The molecular formula is C24H25Cl2FN4O. The monoisotopic (exact) mass is 474 g/mol. The topological polar surface area (TPSA) is 50.3 Å². The van der Waals surface area contributed by atoms with Crippen molar-refractivity contribution in [1.82, 2.24) is 14.9 Å². The fraction of sp³-hybridized carbons (Fsp3) is 0.417. The summed E-state index contributed by atoms with van der Waals surface area (Å²) in [6.45, 7) is 5.15. The Morgan fingerprint density at radius 1 is 1.16 bits per heavy atom. The van der Waals surface area contributed by atoms with E-state index in [0.29, 0.717) is 11.7 Å². The van der Waals surface area contributed by atoms with Crippen LogP contribution >= 0.6 is 23.2 Å². The molecule has 3 atom stereocenters. The van der Waals surface area contributed by atoms with Crippen LogP contribution in [0.2, 0.25) is 10.0 Å². The number of aryl methyl sites for hydroxylation is 1. The van der Waals surface area contributed by atoms with Gasteiger partial charge in [0.15, 0.2) is 5.82 Å². The molecule has 1 aliphatic heterocycles. The van der Waals surface area contributed by atoms with Gasteiger partial charge in [-0.15, -0.1) is 0 Å². The minimum Gasteiger partial charge on any atom is -0.493 e. The number of hydrogen-bond donors (Lipinski definition) is 1. The first-order chi connectivity index (χ1) is 15.4. The molecule has 1 saturated heterocycles. The maximum absolute atomic E-state index is 14.5. The van der Waals surface area contributed by atoms with E-state index >= 15 is 0 Å². The Balaban J connectivity index is 1.34. The molecule has 0 radical (unpaired) electrons. The average Bonchev–Trinajstić information content (AvgIpc) is 3.30. The minimum absolute atomic E-state index is 0.121. The molecule has 5 nitrogen and oxygen atoms in total. The van der Waals surface area contributed by atoms with E-state index in [0.717, 1.165) is 40.7 Å². The van der Waals surface area contributed by atoms with Crippen molar-refractivity contribution in [3.8, 4) is 5.75 Å². The Labute approximate surface area is 196 Å². The van der Waals surface area contributed by atoms with Gasteiger partial charge >= 0.3 is 0 Å². The quantitative estimate of drug-likeness (QED) is 0.453. The maximum atomic E-state index is 14.5. The standard InChI is InChI=1S/C24H25Cl2FN4O/c1-13-5-17-20(8-21(13)32-11-14-6-15-9-31(2)10-16(15)7-14)28-12-29-24(17)30-19-4-3-18(25)22(26)23(19)27/h3-5,8,12,14-16H,6-7,9-11H2,1-2H3,(H,28,29,30)/t14?,15-,16+. The van der Waals surface area contributed by atoms with Crippen molar-refractivity contribution in [2.24, 2.45) is 17.8 Å². The Bertz CT molecular complexity index is 1160. The van der Waals surface area contributed by atoms with Gasteiger partial charge < -0.3 is 15.0 Å². The summed E-state index contributed by atoms with van der Waals surface area (Å²) in [5.74, 6) is 2.94. The van der Waals surface area contributed by atoms with Crippen molar-refractivity contribution in [3.05, 3.63) is 52.0 Å². The predicted molar refractivity (Wildman–Crippen MR) is 127 cm³/mol. The molecule has 2 fully saturated rings. The Hall–Kier alpha value is -2.15. The number of hydrogen-bond acceptors (Lipinski definition) is 5. The highest BCUT2D eigenvalue weighted by molar-refractivity contribution is 6.42. The summed E-state index contributed by atoms with van der Waals surface area (Å²) in [7, 11) is 2.21. The molecule has 0 bridgehead atoms. The van der Waals surface area contributed by atoms with E-state index in [1.807, 2.05) is 19.1 Å². The number of nitrogens with zero attached hydrogens (tertiary/aromatic N) is 3. The molecule has 1 unspecified atom stereocenters. The summed E-state index contributed by atoms with van der Waals surface area (Å²) < 4.78 is 20.7. The molecule has 1 aromatic heterocycles. The van der Waals surface area contributed by atoms with Gasteiger partial charge in [-0.1, -0.05) is 23.2 Å². The van der Waals surface area contributed by atoms with Gasteiger partial charge in [0.25, 0.3) is 0 Å². The summed E-state index contributed by atoms with van der Waals surface area (Å²) in [6, 6.07) is 6.99. The van der Waals surface area contributed by atoms with Crippen LogP contribution < -0.4 is 10.1 Å². The van der Waals surface area contributed by atoms with Crippen molar-refractivity contribution in [3.63, 3.8) is 0 Å². The maximum Gasteiger partial charge on any atom is 0.166 e. The third-order valence-electron chi connectivity index (χ3n) is 6.73. The second kappa shape index (κ2) is 8.65. The smallest absolute Gasteiger partial charge is 0.166 e. The summed E-state index contributed by atoms with van der Waals surface area (Å²) in [4.78, 5) is 11.1. The number of fused-ring (bicyclic) bond motifs is 2. The van der Waals surface area contributed by atoms with E-state index in [1.165, 1.54) is 38.3 Å². The molecule has 0 amide bonds. The molecule has 168 valence electrons. The van der Waals surface area contributed by atoms with Gasteiger partial charge in [-0.05, 0) is 68.3 Å². The fourth-order valence-electron chi connectivity index (χ4n) is 5.20. The van der Waals surface area contributed by atoms with Crippen LogP contribution in [-0.2, 0) is 0 Å². The van der Waals surface area contributed by atoms with Gasteiger partial charge in [-0.2, -0.15) is 0 Å². The van der Waals surface area contributed by atoms with Crippen molar-refractivity contribution in [2.45, 2.75) is 19.8 Å². The lowest BCUT2D eigenvalue weighted by Crippen LogP contribution is -2.18. The fourth-order valence-corrected chi connectivity index (χ4v) is 5.51. The van der Waals surface area contributed by atoms with Gasteiger partial charge in [-0.25, -0.2) is 14.4 Å². The normalized spacial score (nSPS) is 23.0. The average molecular weight is 475 g/mol. The molecule has 1 saturated carbocycles. The number of likely N-dealkylation sites (tertiary alicyclic amines) is 1. The molecule has 3 aromatic rings. The summed E-state index contributed by atoms with van der Waals surface area (Å²) >= 11 is 11.8. The molecule has 32 heavy (non-hydrogen) atoms. The summed E-state index contributed by atoms with van der Waals surface area (Å²) in [6.07, 6.45) is 3.94. The molecule has 1 aliphatic carbocycles. The van der Waals surface area contributed by atoms with Gasteiger partial charge in [0.05, 0.1) is 27.9 Å². The van der Waals surface area contributed by atoms with Crippen LogP contribution in [-0.4, -0.2) is 41.6 Å². The molecule has 1 N–H and O–H groups in total. The van der Waals surface area contributed by atoms with Crippen LogP contribution in [0.4, 0.5) is 15.9 Å². The van der Waals surface area contributed by atoms with Crippen LogP contribution in [0.15, 0.2) is 30.6 Å².